The van der Waals surface area contributed by atoms with Crippen molar-refractivity contribution in [3.63, 3.8) is 0 Å². The largest absolute Gasteiger partial charge is 0.286 e. The van der Waals surface area contributed by atoms with Crippen LogP contribution in [0.3, 0.4) is 0 Å². The second-order valence-electron chi connectivity index (χ2n) is 7.10. The predicted molar refractivity (Wildman–Crippen MR) is 68.0 cm³/mol. The van der Waals surface area contributed by atoms with Crippen LogP contribution in [0.4, 0.5) is 0 Å². The molecule has 1 aliphatic carbocycles. The van der Waals surface area contributed by atoms with Crippen LogP contribution in [0.15, 0.2) is 0 Å². The number of nitrogens with one attached hydrogen (secondary N) is 2. The summed E-state index contributed by atoms with van der Waals surface area (Å²) in [6, 6.07) is 1.09. The van der Waals surface area contributed by atoms with Gasteiger partial charge in [0.1, 0.15) is 6.04 Å². The summed E-state index contributed by atoms with van der Waals surface area (Å²) in [5.74, 6) is 2.20. The Morgan fingerprint density at radius 2 is 1.59 bits per heavy atom. The van der Waals surface area contributed by atoms with E-state index in [1.807, 2.05) is 4.90 Å². The fraction of sp³-hybridized carbons (Fsp3) is 1.00. The molecular formula is C15H28N2+2. The Labute approximate surface area is 105 Å². The number of piperidine rings is 2. The molecule has 3 aliphatic heterocycles. The highest BCUT2D eigenvalue weighted by Gasteiger charge is 2.53. The Hall–Kier alpha value is -0.0800. The van der Waals surface area contributed by atoms with Crippen molar-refractivity contribution >= 4 is 0 Å². The molecule has 1 saturated carbocycles. The first-order valence-corrected chi connectivity index (χ1v) is 8.13. The summed E-state index contributed by atoms with van der Waals surface area (Å²) in [6.07, 6.45) is 13.3. The van der Waals surface area contributed by atoms with Crippen LogP contribution in [-0.2, 0) is 0 Å². The molecule has 0 radical (unpaired) electrons. The van der Waals surface area contributed by atoms with Crippen molar-refractivity contribution < 1.29 is 9.80 Å². The van der Waals surface area contributed by atoms with Crippen molar-refractivity contribution in [2.75, 3.05) is 19.6 Å². The van der Waals surface area contributed by atoms with E-state index in [9.17, 15) is 0 Å². The van der Waals surface area contributed by atoms with Crippen LogP contribution >= 0.6 is 0 Å². The van der Waals surface area contributed by atoms with Gasteiger partial charge in [-0.15, -0.1) is 0 Å². The summed E-state index contributed by atoms with van der Waals surface area (Å²) >= 11 is 0. The smallest absolute Gasteiger partial charge is 0.213 e. The number of rotatable bonds is 0. The first-order valence-electron chi connectivity index (χ1n) is 8.13. The highest BCUT2D eigenvalue weighted by Crippen LogP contribution is 2.33. The van der Waals surface area contributed by atoms with Crippen molar-refractivity contribution in [2.24, 2.45) is 11.8 Å². The van der Waals surface area contributed by atoms with Crippen LogP contribution < -0.4 is 9.80 Å². The molecule has 2 unspecified atom stereocenters. The fourth-order valence-electron chi connectivity index (χ4n) is 5.79. The number of fused-ring (bicyclic) bond motifs is 2. The van der Waals surface area contributed by atoms with Crippen LogP contribution in [0.25, 0.3) is 0 Å². The SMILES string of the molecule is C1C[C@@H]2CCC[NH+]3[C@H]2[C@@H](C1)C[NH+]1CCCC[C@H]13. The second-order valence-corrected chi connectivity index (χ2v) is 7.10. The number of hydrogen-bond acceptors (Lipinski definition) is 0. The molecule has 3 heterocycles. The Morgan fingerprint density at radius 1 is 0.706 bits per heavy atom. The summed E-state index contributed by atoms with van der Waals surface area (Å²) in [5.41, 5.74) is 0. The summed E-state index contributed by atoms with van der Waals surface area (Å²) in [4.78, 5) is 4.06. The Kier molecular flexibility index (Phi) is 2.69. The molecule has 0 bridgehead atoms. The molecule has 3 saturated heterocycles. The Bertz CT molecular complexity index is 289. The fourth-order valence-corrected chi connectivity index (χ4v) is 5.79. The van der Waals surface area contributed by atoms with Crippen LogP contribution in [0.5, 0.6) is 0 Å². The highest BCUT2D eigenvalue weighted by atomic mass is 15.4. The zero-order chi connectivity index (χ0) is 11.2. The quantitative estimate of drug-likeness (QED) is 0.579. The second kappa shape index (κ2) is 4.24. The highest BCUT2D eigenvalue weighted by molar-refractivity contribution is 4.86. The third kappa shape index (κ3) is 1.67. The maximum atomic E-state index is 2.06. The molecule has 2 heteroatoms. The lowest BCUT2D eigenvalue weighted by Crippen LogP contribution is -3.42. The molecule has 2 nitrogen and oxygen atoms in total. The van der Waals surface area contributed by atoms with Gasteiger partial charge in [-0.2, -0.15) is 0 Å². The van der Waals surface area contributed by atoms with E-state index in [1.54, 1.807) is 19.3 Å². The monoisotopic (exact) mass is 236 g/mol. The zero-order valence-corrected chi connectivity index (χ0v) is 11.1. The van der Waals surface area contributed by atoms with Gasteiger partial charge in [0.2, 0.25) is 6.17 Å². The maximum absolute atomic E-state index is 2.06. The molecule has 0 aromatic rings. The van der Waals surface area contributed by atoms with Crippen LogP contribution in [0.2, 0.25) is 0 Å². The van der Waals surface area contributed by atoms with Gasteiger partial charge in [0.15, 0.2) is 0 Å². The summed E-state index contributed by atoms with van der Waals surface area (Å²) < 4.78 is 0. The van der Waals surface area contributed by atoms with E-state index >= 15 is 0 Å². The van der Waals surface area contributed by atoms with E-state index in [4.69, 9.17) is 0 Å². The molecule has 0 aromatic heterocycles. The van der Waals surface area contributed by atoms with Gasteiger partial charge in [-0.05, 0) is 38.5 Å². The van der Waals surface area contributed by atoms with E-state index in [0.29, 0.717) is 0 Å². The standard InChI is InChI=1S/C15H26N2/c1-2-9-16-11-13-6-3-5-12-7-4-10-17(15(12)13)14(16)8-1/h12-15H,1-11H2/p+2/t12-,13+,14-,15-/m1/s1. The molecule has 96 valence electrons. The molecular weight excluding hydrogens is 208 g/mol. The number of hydrogen-bond donors (Lipinski definition) is 2. The van der Waals surface area contributed by atoms with Crippen molar-refractivity contribution in [3.8, 4) is 0 Å². The molecule has 2 N–H and O–H groups in total. The summed E-state index contributed by atoms with van der Waals surface area (Å²) in [6.45, 7) is 4.53. The minimum absolute atomic E-state index is 1.01. The lowest BCUT2D eigenvalue weighted by molar-refractivity contribution is -1.16. The zero-order valence-electron chi connectivity index (χ0n) is 11.1. The molecule has 4 aliphatic rings. The van der Waals surface area contributed by atoms with Crippen molar-refractivity contribution in [3.05, 3.63) is 0 Å². The average Bonchev–Trinajstić information content (AvgIpc) is 2.39. The predicted octanol–water partition coefficient (Wildman–Crippen LogP) is -0.141. The first kappa shape index (κ1) is 10.8. The van der Waals surface area contributed by atoms with Gasteiger partial charge in [0.25, 0.3) is 0 Å². The van der Waals surface area contributed by atoms with E-state index in [2.05, 4.69) is 4.90 Å². The van der Waals surface area contributed by atoms with Crippen molar-refractivity contribution in [1.29, 1.82) is 0 Å². The van der Waals surface area contributed by atoms with Crippen LogP contribution in [-0.4, -0.2) is 31.8 Å². The number of quaternary nitrogens is 2. The lowest BCUT2D eigenvalue weighted by Gasteiger charge is -2.54. The topological polar surface area (TPSA) is 8.88 Å². The lowest BCUT2D eigenvalue weighted by atomic mass is 9.70. The normalized spacial score (nSPS) is 53.6. The third-order valence-corrected chi connectivity index (χ3v) is 6.34. The van der Waals surface area contributed by atoms with Gasteiger partial charge in [-0.1, -0.05) is 6.42 Å². The molecule has 17 heavy (non-hydrogen) atoms. The van der Waals surface area contributed by atoms with Crippen LogP contribution in [0.1, 0.15) is 51.4 Å². The van der Waals surface area contributed by atoms with Gasteiger partial charge in [0, 0.05) is 5.92 Å². The average molecular weight is 236 g/mol. The first-order chi connectivity index (χ1) is 8.43. The molecule has 0 amide bonds. The Balaban J connectivity index is 1.63. The minimum Gasteiger partial charge on any atom is -0.286 e. The van der Waals surface area contributed by atoms with Crippen molar-refractivity contribution in [1.82, 2.24) is 0 Å². The maximum Gasteiger partial charge on any atom is 0.213 e. The minimum atomic E-state index is 1.01. The summed E-state index contributed by atoms with van der Waals surface area (Å²) in [5, 5.41) is 0. The Morgan fingerprint density at radius 3 is 2.59 bits per heavy atom. The molecule has 6 atom stereocenters. The van der Waals surface area contributed by atoms with E-state index in [0.717, 1.165) is 24.0 Å². The molecule has 4 fully saturated rings. The molecule has 4 rings (SSSR count). The van der Waals surface area contributed by atoms with Gasteiger partial charge >= 0.3 is 0 Å². The van der Waals surface area contributed by atoms with Crippen LogP contribution in [0, 0.1) is 11.8 Å². The van der Waals surface area contributed by atoms with Gasteiger partial charge < -0.3 is 0 Å². The molecule has 0 spiro atoms. The summed E-state index contributed by atoms with van der Waals surface area (Å²) in [7, 11) is 0. The molecule has 0 aromatic carbocycles. The third-order valence-electron chi connectivity index (χ3n) is 6.34. The van der Waals surface area contributed by atoms with Gasteiger partial charge in [-0.25, -0.2) is 0 Å². The van der Waals surface area contributed by atoms with E-state index < -0.39 is 0 Å². The van der Waals surface area contributed by atoms with E-state index in [-0.39, 0.29) is 0 Å². The van der Waals surface area contributed by atoms with Gasteiger partial charge in [0.05, 0.1) is 32.0 Å². The van der Waals surface area contributed by atoms with E-state index in [1.165, 1.54) is 51.7 Å². The van der Waals surface area contributed by atoms with Crippen molar-refractivity contribution in [2.45, 2.75) is 63.6 Å². The van der Waals surface area contributed by atoms with Gasteiger partial charge in [-0.3, -0.25) is 9.80 Å².